The van der Waals surface area contributed by atoms with E-state index in [2.05, 4.69) is 10.4 Å². The lowest BCUT2D eigenvalue weighted by atomic mass is 10.1. The summed E-state index contributed by atoms with van der Waals surface area (Å²) < 4.78 is 1.79. The molecule has 2 aromatic carbocycles. The molecule has 0 aliphatic heterocycles. The van der Waals surface area contributed by atoms with Gasteiger partial charge in [-0.25, -0.2) is 4.68 Å². The van der Waals surface area contributed by atoms with Crippen LogP contribution in [0, 0.1) is 27.7 Å². The molecular weight excluding hydrogens is 298 g/mol. The lowest BCUT2D eigenvalue weighted by Gasteiger charge is -2.10. The van der Waals surface area contributed by atoms with Crippen molar-refractivity contribution in [1.82, 2.24) is 9.78 Å². The van der Waals surface area contributed by atoms with Crippen LogP contribution >= 0.6 is 0 Å². The molecule has 1 heterocycles. The molecule has 0 bridgehead atoms. The monoisotopic (exact) mass is 319 g/mol. The minimum atomic E-state index is -0.139. The highest BCUT2D eigenvalue weighted by Crippen LogP contribution is 2.20. The van der Waals surface area contributed by atoms with Crippen molar-refractivity contribution in [3.63, 3.8) is 0 Å². The summed E-state index contributed by atoms with van der Waals surface area (Å²) in [6, 6.07) is 14.0. The number of carbonyl (C=O) groups excluding carboxylic acids is 1. The number of nitrogens with one attached hydrogen (secondary N) is 1. The minimum Gasteiger partial charge on any atom is -0.322 e. The Balaban J connectivity index is 1.89. The summed E-state index contributed by atoms with van der Waals surface area (Å²) in [5, 5.41) is 7.36. The molecule has 0 aliphatic carbocycles. The Bertz CT molecular complexity index is 892. The highest BCUT2D eigenvalue weighted by molar-refractivity contribution is 6.05. The van der Waals surface area contributed by atoms with Crippen LogP contribution in [0.4, 0.5) is 5.69 Å². The molecular formula is C20H21N3O. The molecule has 122 valence electrons. The molecule has 1 aromatic heterocycles. The van der Waals surface area contributed by atoms with Gasteiger partial charge in [-0.1, -0.05) is 29.8 Å². The number of nitrogens with zero attached hydrogens (tertiary/aromatic N) is 2. The fourth-order valence-corrected chi connectivity index (χ4v) is 2.65. The normalized spacial score (nSPS) is 10.7. The van der Waals surface area contributed by atoms with E-state index in [1.807, 2.05) is 70.2 Å². The summed E-state index contributed by atoms with van der Waals surface area (Å²) in [5.74, 6) is -0.139. The highest BCUT2D eigenvalue weighted by atomic mass is 16.1. The van der Waals surface area contributed by atoms with E-state index >= 15 is 0 Å². The number of amides is 1. The third-order valence-electron chi connectivity index (χ3n) is 4.39. The molecule has 0 radical (unpaired) electrons. The fourth-order valence-electron chi connectivity index (χ4n) is 2.65. The summed E-state index contributed by atoms with van der Waals surface area (Å²) in [6.45, 7) is 7.99. The average Bonchev–Trinajstić information content (AvgIpc) is 2.94. The topological polar surface area (TPSA) is 46.9 Å². The molecule has 3 aromatic rings. The molecule has 1 N–H and O–H groups in total. The Kier molecular flexibility index (Phi) is 4.21. The Morgan fingerprint density at radius 3 is 2.42 bits per heavy atom. The molecule has 0 saturated carbocycles. The molecule has 0 spiro atoms. The van der Waals surface area contributed by atoms with Crippen molar-refractivity contribution < 1.29 is 4.79 Å². The summed E-state index contributed by atoms with van der Waals surface area (Å²) in [5.41, 5.74) is 6.61. The van der Waals surface area contributed by atoms with E-state index in [1.165, 1.54) is 5.56 Å². The molecule has 1 amide bonds. The van der Waals surface area contributed by atoms with Crippen molar-refractivity contribution in [2.24, 2.45) is 0 Å². The molecule has 24 heavy (non-hydrogen) atoms. The van der Waals surface area contributed by atoms with Crippen molar-refractivity contribution in [1.29, 1.82) is 0 Å². The van der Waals surface area contributed by atoms with Gasteiger partial charge in [-0.15, -0.1) is 0 Å². The van der Waals surface area contributed by atoms with Crippen LogP contribution in [0.15, 0.2) is 48.7 Å². The van der Waals surface area contributed by atoms with Crippen LogP contribution in [-0.2, 0) is 0 Å². The molecule has 4 heteroatoms. The quantitative estimate of drug-likeness (QED) is 0.780. The van der Waals surface area contributed by atoms with E-state index in [9.17, 15) is 4.79 Å². The maximum absolute atomic E-state index is 12.6. The molecule has 0 saturated heterocycles. The van der Waals surface area contributed by atoms with E-state index in [0.717, 1.165) is 28.2 Å². The lowest BCUT2D eigenvalue weighted by Crippen LogP contribution is -2.14. The van der Waals surface area contributed by atoms with Crippen molar-refractivity contribution in [3.05, 3.63) is 76.6 Å². The van der Waals surface area contributed by atoms with Crippen LogP contribution in [0.3, 0.4) is 0 Å². The molecule has 0 atom stereocenters. The van der Waals surface area contributed by atoms with Crippen molar-refractivity contribution in [3.8, 4) is 5.69 Å². The molecule has 4 nitrogen and oxygen atoms in total. The fraction of sp³-hybridized carbons (Fsp3) is 0.200. The first kappa shape index (κ1) is 16.0. The molecule has 0 fully saturated rings. The van der Waals surface area contributed by atoms with Gasteiger partial charge in [0.15, 0.2) is 0 Å². The van der Waals surface area contributed by atoms with Gasteiger partial charge in [-0.2, -0.15) is 5.10 Å². The van der Waals surface area contributed by atoms with Crippen molar-refractivity contribution >= 4 is 11.6 Å². The van der Waals surface area contributed by atoms with Gasteiger partial charge in [0.25, 0.3) is 5.91 Å². The van der Waals surface area contributed by atoms with Gasteiger partial charge >= 0.3 is 0 Å². The second kappa shape index (κ2) is 6.32. The van der Waals surface area contributed by atoms with E-state index in [4.69, 9.17) is 0 Å². The van der Waals surface area contributed by atoms with E-state index in [1.54, 1.807) is 10.9 Å². The van der Waals surface area contributed by atoms with Crippen LogP contribution in [-0.4, -0.2) is 15.7 Å². The van der Waals surface area contributed by atoms with Crippen LogP contribution < -0.4 is 5.32 Å². The Labute approximate surface area is 142 Å². The Hall–Kier alpha value is -2.88. The van der Waals surface area contributed by atoms with E-state index < -0.39 is 0 Å². The van der Waals surface area contributed by atoms with Gasteiger partial charge in [0.05, 0.1) is 23.1 Å². The largest absolute Gasteiger partial charge is 0.322 e. The van der Waals surface area contributed by atoms with Gasteiger partial charge in [-0.3, -0.25) is 4.79 Å². The predicted octanol–water partition coefficient (Wildman–Crippen LogP) is 4.36. The van der Waals surface area contributed by atoms with Crippen molar-refractivity contribution in [2.75, 3.05) is 5.32 Å². The first-order valence-electron chi connectivity index (χ1n) is 7.96. The number of carbonyl (C=O) groups is 1. The van der Waals surface area contributed by atoms with Crippen molar-refractivity contribution in [2.45, 2.75) is 27.7 Å². The van der Waals surface area contributed by atoms with Gasteiger partial charge in [0.1, 0.15) is 0 Å². The number of aryl methyl sites for hydroxylation is 2. The minimum absolute atomic E-state index is 0.139. The first-order chi connectivity index (χ1) is 11.5. The summed E-state index contributed by atoms with van der Waals surface area (Å²) in [7, 11) is 0. The molecule has 3 rings (SSSR count). The van der Waals surface area contributed by atoms with Gasteiger partial charge in [0, 0.05) is 5.69 Å². The Morgan fingerprint density at radius 2 is 1.71 bits per heavy atom. The first-order valence-corrected chi connectivity index (χ1v) is 7.96. The molecule has 0 aliphatic rings. The van der Waals surface area contributed by atoms with Gasteiger partial charge in [-0.05, 0) is 57.0 Å². The van der Waals surface area contributed by atoms with Crippen LogP contribution in [0.1, 0.15) is 32.7 Å². The third kappa shape index (κ3) is 2.95. The highest BCUT2D eigenvalue weighted by Gasteiger charge is 2.16. The number of hydrogen-bond acceptors (Lipinski definition) is 2. The number of benzene rings is 2. The number of hydrogen-bond donors (Lipinski definition) is 1. The lowest BCUT2D eigenvalue weighted by molar-refractivity contribution is 0.102. The second-order valence-corrected chi connectivity index (χ2v) is 6.09. The smallest absolute Gasteiger partial charge is 0.259 e. The Morgan fingerprint density at radius 1 is 1.00 bits per heavy atom. The molecule has 0 unspecified atom stereocenters. The maximum Gasteiger partial charge on any atom is 0.259 e. The SMILES string of the molecule is Cc1ccc(-n2ncc(C(=O)Nc3cccc(C)c3C)c2C)cc1. The van der Waals surface area contributed by atoms with Crippen LogP contribution in [0.25, 0.3) is 5.69 Å². The zero-order chi connectivity index (χ0) is 17.3. The third-order valence-corrected chi connectivity index (χ3v) is 4.39. The second-order valence-electron chi connectivity index (χ2n) is 6.09. The number of rotatable bonds is 3. The van der Waals surface area contributed by atoms with Crippen LogP contribution in [0.2, 0.25) is 0 Å². The maximum atomic E-state index is 12.6. The standard InChI is InChI=1S/C20H21N3O/c1-13-8-10-17(11-9-13)23-16(4)18(12-21-23)20(24)22-19-7-5-6-14(2)15(19)3/h5-12H,1-4H3,(H,22,24). The number of anilines is 1. The van der Waals surface area contributed by atoms with E-state index in [-0.39, 0.29) is 5.91 Å². The van der Waals surface area contributed by atoms with Gasteiger partial charge < -0.3 is 5.32 Å². The predicted molar refractivity (Wildman–Crippen MR) is 96.9 cm³/mol. The zero-order valence-corrected chi connectivity index (χ0v) is 14.4. The zero-order valence-electron chi connectivity index (χ0n) is 14.4. The number of aromatic nitrogens is 2. The van der Waals surface area contributed by atoms with E-state index in [0.29, 0.717) is 5.56 Å². The average molecular weight is 319 g/mol. The summed E-state index contributed by atoms with van der Waals surface area (Å²) in [6.07, 6.45) is 1.62. The van der Waals surface area contributed by atoms with Gasteiger partial charge in [0.2, 0.25) is 0 Å². The van der Waals surface area contributed by atoms with Crippen LogP contribution in [0.5, 0.6) is 0 Å². The summed E-state index contributed by atoms with van der Waals surface area (Å²) in [4.78, 5) is 12.6. The summed E-state index contributed by atoms with van der Waals surface area (Å²) >= 11 is 0.